The number of rotatable bonds is 6. The molecule has 1 amide bonds. The van der Waals surface area contributed by atoms with E-state index in [9.17, 15) is 19.5 Å². The second-order valence-electron chi connectivity index (χ2n) is 5.41. The number of carbonyl (C=O) groups excluding carboxylic acids is 2. The Morgan fingerprint density at radius 1 is 1.59 bits per heavy atom. The van der Waals surface area contributed by atoms with Crippen LogP contribution in [0.25, 0.3) is 0 Å². The van der Waals surface area contributed by atoms with Crippen LogP contribution in [0.3, 0.4) is 0 Å². The normalized spacial score (nSPS) is 20.4. The average molecular weight is 413 g/mol. The lowest BCUT2D eigenvalue weighted by atomic mass is 10.2. The first-order valence-corrected chi connectivity index (χ1v) is 9.47. The lowest BCUT2D eigenvalue weighted by molar-refractivity contribution is -0.141. The van der Waals surface area contributed by atoms with Crippen LogP contribution in [-0.2, 0) is 24.0 Å². The van der Waals surface area contributed by atoms with E-state index in [1.165, 1.54) is 24.3 Å². The molecular weight excluding hydrogens is 398 g/mol. The lowest BCUT2D eigenvalue weighted by Gasteiger charge is -2.29. The topological polar surface area (TPSA) is 165 Å². The number of nitrogens with one attached hydrogen (secondary N) is 2. The summed E-state index contributed by atoms with van der Waals surface area (Å²) in [4.78, 5) is 44.6. The van der Waals surface area contributed by atoms with E-state index in [0.717, 1.165) is 16.9 Å². The van der Waals surface area contributed by atoms with Crippen LogP contribution in [-0.4, -0.2) is 64.5 Å². The summed E-state index contributed by atoms with van der Waals surface area (Å²) in [5, 5.41) is 19.4. The summed E-state index contributed by atoms with van der Waals surface area (Å²) in [6, 6.07) is -1.34. The summed E-state index contributed by atoms with van der Waals surface area (Å²) in [5.74, 6) is -2.20. The Balaban J connectivity index is 1.78. The first-order valence-electron chi connectivity index (χ1n) is 7.54. The minimum Gasteiger partial charge on any atom is -0.480 e. The van der Waals surface area contributed by atoms with Crippen LogP contribution in [0.2, 0.25) is 0 Å². The van der Waals surface area contributed by atoms with Crippen LogP contribution < -0.4 is 16.4 Å². The second-order valence-corrected chi connectivity index (χ2v) is 7.43. The smallest absolute Gasteiger partial charge is 0.354 e. The summed E-state index contributed by atoms with van der Waals surface area (Å²) in [7, 11) is 1.25. The minimum atomic E-state index is -1.34. The highest BCUT2D eigenvalue weighted by Gasteiger charge is 2.39. The molecule has 2 unspecified atom stereocenters. The number of carbonyl (C=O) groups is 3. The zero-order valence-electron chi connectivity index (χ0n) is 13.9. The molecule has 5 N–H and O–H groups in total. The van der Waals surface area contributed by atoms with Crippen LogP contribution in [0.5, 0.6) is 0 Å². The number of esters is 1. The van der Waals surface area contributed by atoms with E-state index in [1.807, 2.05) is 0 Å². The van der Waals surface area contributed by atoms with Gasteiger partial charge in [0, 0.05) is 16.7 Å². The zero-order valence-corrected chi connectivity index (χ0v) is 15.6. The van der Waals surface area contributed by atoms with E-state index in [0.29, 0.717) is 5.75 Å². The van der Waals surface area contributed by atoms with Crippen molar-refractivity contribution in [2.45, 2.75) is 11.4 Å². The van der Waals surface area contributed by atoms with E-state index in [4.69, 9.17) is 10.5 Å². The summed E-state index contributed by atoms with van der Waals surface area (Å²) in [6.45, 7) is 0.181. The number of aromatic nitrogens is 1. The molecular formula is C14H15N5O6S2. The van der Waals surface area contributed by atoms with Gasteiger partial charge in [-0.05, 0) is 0 Å². The molecule has 0 aromatic carbocycles. The van der Waals surface area contributed by atoms with E-state index in [1.54, 1.807) is 0 Å². The molecule has 0 fully saturated rings. The molecule has 13 heteroatoms. The molecule has 3 heterocycles. The number of nitrogen functional groups attached to an aromatic ring is 1. The second kappa shape index (κ2) is 7.84. The number of carboxylic acid groups (broad SMARTS) is 1. The highest BCUT2D eigenvalue weighted by atomic mass is 32.2. The van der Waals surface area contributed by atoms with Crippen molar-refractivity contribution in [2.75, 3.05) is 25.2 Å². The van der Waals surface area contributed by atoms with Gasteiger partial charge in [-0.15, -0.1) is 23.1 Å². The molecule has 0 spiro atoms. The number of thiazole rings is 1. The summed E-state index contributed by atoms with van der Waals surface area (Å²) in [5.41, 5.74) is 6.52. The Morgan fingerprint density at radius 3 is 3.00 bits per heavy atom. The predicted octanol–water partition coefficient (Wildman–Crippen LogP) is -0.881. The van der Waals surface area contributed by atoms with Gasteiger partial charge in [0.25, 0.3) is 5.91 Å². The molecule has 3 rings (SSSR count). The predicted molar refractivity (Wildman–Crippen MR) is 97.0 cm³/mol. The third-order valence-electron chi connectivity index (χ3n) is 3.68. The minimum absolute atomic E-state index is 0.162. The number of aliphatic carboxylic acids is 1. The molecule has 2 aliphatic rings. The standard InChI is InChI=1S/C14H15N5O6S2/c1-24-19-8(6-4-27-14(15)16-6)10(20)17-9(12(21)22)11-18-7-5(3-26-11)2-25-13(7)23/h4,9,11,18H,2-3H2,1H3,(H2,15,16)(H,17,20)(H,21,22)/b19-8+. The number of ether oxygens (including phenoxy) is 1. The van der Waals surface area contributed by atoms with Crippen molar-refractivity contribution in [1.82, 2.24) is 15.6 Å². The number of amides is 1. The largest absolute Gasteiger partial charge is 0.480 e. The molecule has 11 nitrogen and oxygen atoms in total. The molecule has 2 aliphatic heterocycles. The monoisotopic (exact) mass is 413 g/mol. The van der Waals surface area contributed by atoms with Crippen molar-refractivity contribution >= 4 is 51.8 Å². The molecule has 0 bridgehead atoms. The van der Waals surface area contributed by atoms with Gasteiger partial charge in [-0.25, -0.2) is 14.6 Å². The number of carboxylic acids is 1. The molecule has 0 saturated heterocycles. The number of nitrogens with two attached hydrogens (primary N) is 1. The SMILES string of the molecule is CO/N=C(/C(=O)NC(C(=O)O)C1NC2=C(COC2=O)CS1)c1csc(N)n1. The molecule has 1 aromatic rings. The first-order chi connectivity index (χ1) is 12.9. The fourth-order valence-corrected chi connectivity index (χ4v) is 4.17. The molecule has 1 aromatic heterocycles. The number of anilines is 1. The Kier molecular flexibility index (Phi) is 5.51. The third-order valence-corrected chi connectivity index (χ3v) is 5.61. The number of cyclic esters (lactones) is 1. The van der Waals surface area contributed by atoms with Gasteiger partial charge in [-0.3, -0.25) is 4.79 Å². The van der Waals surface area contributed by atoms with Crippen molar-refractivity contribution < 1.29 is 29.1 Å². The summed E-state index contributed by atoms with van der Waals surface area (Å²) >= 11 is 2.34. The van der Waals surface area contributed by atoms with Gasteiger partial charge < -0.3 is 31.0 Å². The van der Waals surface area contributed by atoms with Crippen molar-refractivity contribution in [3.05, 3.63) is 22.3 Å². The Labute approximate surface area is 161 Å². The molecule has 144 valence electrons. The number of oxime groups is 1. The highest BCUT2D eigenvalue weighted by Crippen LogP contribution is 2.28. The number of hydrogen-bond donors (Lipinski definition) is 4. The van der Waals surface area contributed by atoms with E-state index in [2.05, 4.69) is 25.6 Å². The van der Waals surface area contributed by atoms with Crippen LogP contribution in [0.1, 0.15) is 5.69 Å². The van der Waals surface area contributed by atoms with Crippen LogP contribution >= 0.6 is 23.1 Å². The van der Waals surface area contributed by atoms with Gasteiger partial charge in [-0.1, -0.05) is 5.16 Å². The van der Waals surface area contributed by atoms with Gasteiger partial charge in [0.05, 0.1) is 0 Å². The maximum Gasteiger partial charge on any atom is 0.354 e. The van der Waals surface area contributed by atoms with Crippen LogP contribution in [0.4, 0.5) is 5.13 Å². The fraction of sp³-hybridized carbons (Fsp3) is 0.357. The van der Waals surface area contributed by atoms with Gasteiger partial charge in [0.2, 0.25) is 0 Å². The zero-order chi connectivity index (χ0) is 19.6. The first kappa shape index (κ1) is 19.0. The molecule has 27 heavy (non-hydrogen) atoms. The fourth-order valence-electron chi connectivity index (χ4n) is 2.44. The third kappa shape index (κ3) is 3.98. The Bertz CT molecular complexity index is 851. The highest BCUT2D eigenvalue weighted by molar-refractivity contribution is 8.00. The Hall–Kier alpha value is -2.80. The molecule has 0 saturated carbocycles. The average Bonchev–Trinajstić information content (AvgIpc) is 3.23. The van der Waals surface area contributed by atoms with Gasteiger partial charge in [0.15, 0.2) is 16.9 Å². The maximum atomic E-state index is 12.6. The van der Waals surface area contributed by atoms with Crippen LogP contribution in [0.15, 0.2) is 21.8 Å². The van der Waals surface area contributed by atoms with Gasteiger partial charge in [-0.2, -0.15) is 0 Å². The van der Waals surface area contributed by atoms with Gasteiger partial charge >= 0.3 is 11.9 Å². The van der Waals surface area contributed by atoms with Crippen LogP contribution in [0, 0.1) is 0 Å². The summed E-state index contributed by atoms with van der Waals surface area (Å²) < 4.78 is 4.92. The molecule has 0 aliphatic carbocycles. The maximum absolute atomic E-state index is 12.6. The number of thioether (sulfide) groups is 1. The van der Waals surface area contributed by atoms with E-state index >= 15 is 0 Å². The van der Waals surface area contributed by atoms with Crippen molar-refractivity contribution in [3.63, 3.8) is 0 Å². The molecule has 2 atom stereocenters. The quantitative estimate of drug-likeness (QED) is 0.261. The number of nitrogens with zero attached hydrogens (tertiary/aromatic N) is 2. The van der Waals surface area contributed by atoms with E-state index in [-0.39, 0.29) is 28.8 Å². The van der Waals surface area contributed by atoms with Crippen molar-refractivity contribution in [3.8, 4) is 0 Å². The van der Waals surface area contributed by atoms with Gasteiger partial charge in [0.1, 0.15) is 30.5 Å². The number of hydrogen-bond acceptors (Lipinski definition) is 11. The molecule has 0 radical (unpaired) electrons. The van der Waals surface area contributed by atoms with E-state index < -0.39 is 29.3 Å². The van der Waals surface area contributed by atoms with Crippen molar-refractivity contribution in [2.24, 2.45) is 5.16 Å². The lowest BCUT2D eigenvalue weighted by Crippen LogP contribution is -2.55. The summed E-state index contributed by atoms with van der Waals surface area (Å²) in [6.07, 6.45) is 0. The Morgan fingerprint density at radius 2 is 2.37 bits per heavy atom. The van der Waals surface area contributed by atoms with Crippen molar-refractivity contribution in [1.29, 1.82) is 0 Å².